The molecule has 0 fully saturated rings. The average molecular weight is 342 g/mol. The maximum Gasteiger partial charge on any atom is 0.198 e. The van der Waals surface area contributed by atoms with Gasteiger partial charge in [-0.3, -0.25) is 0 Å². The Labute approximate surface area is 105 Å². The lowest BCUT2D eigenvalue weighted by atomic mass is 10.3. The average Bonchev–Trinajstić information content (AvgIpc) is 2.21. The number of ether oxygens (including phenoxy) is 2. The Balaban J connectivity index is 3.23. The highest BCUT2D eigenvalue weighted by atomic mass is 79.9. The predicted octanol–water partition coefficient (Wildman–Crippen LogP) is 4.15. The molecular weight excluding hydrogens is 331 g/mol. The molecule has 0 aliphatic heterocycles. The van der Waals surface area contributed by atoms with Crippen molar-refractivity contribution in [2.45, 2.75) is 13.8 Å². The third-order valence-corrected chi connectivity index (χ3v) is 3.60. The smallest absolute Gasteiger partial charge is 0.198 e. The third-order valence-electron chi connectivity index (χ3n) is 1.67. The van der Waals surface area contributed by atoms with E-state index in [1.807, 2.05) is 6.92 Å². The van der Waals surface area contributed by atoms with Crippen LogP contribution in [-0.4, -0.2) is 13.2 Å². The van der Waals surface area contributed by atoms with Gasteiger partial charge >= 0.3 is 0 Å². The molecule has 84 valence electrons. The summed E-state index contributed by atoms with van der Waals surface area (Å²) in [7, 11) is 0. The van der Waals surface area contributed by atoms with E-state index in [2.05, 4.69) is 31.9 Å². The molecule has 0 saturated heterocycles. The fraction of sp³-hybridized carbons (Fsp3) is 0.400. The van der Waals surface area contributed by atoms with Gasteiger partial charge in [0.15, 0.2) is 17.3 Å². The third kappa shape index (κ3) is 2.84. The molecule has 0 atom stereocenters. The van der Waals surface area contributed by atoms with E-state index in [0.29, 0.717) is 27.9 Å². The van der Waals surface area contributed by atoms with Crippen molar-refractivity contribution in [3.8, 4) is 11.5 Å². The first-order chi connectivity index (χ1) is 7.11. The van der Waals surface area contributed by atoms with E-state index in [0.717, 1.165) is 0 Å². The first-order valence-electron chi connectivity index (χ1n) is 4.54. The van der Waals surface area contributed by atoms with Crippen LogP contribution >= 0.6 is 31.9 Å². The largest absolute Gasteiger partial charge is 0.490 e. The van der Waals surface area contributed by atoms with Crippen LogP contribution in [0.4, 0.5) is 4.39 Å². The van der Waals surface area contributed by atoms with E-state index in [-0.39, 0.29) is 5.75 Å². The van der Waals surface area contributed by atoms with Crippen molar-refractivity contribution >= 4 is 31.9 Å². The Morgan fingerprint density at radius 2 is 1.80 bits per heavy atom. The zero-order chi connectivity index (χ0) is 11.4. The Kier molecular flexibility index (Phi) is 4.86. The Bertz CT molecular complexity index is 356. The molecule has 0 N–H and O–H groups in total. The van der Waals surface area contributed by atoms with Crippen LogP contribution in [0.2, 0.25) is 0 Å². The van der Waals surface area contributed by atoms with Gasteiger partial charge in [0.1, 0.15) is 0 Å². The molecule has 2 nitrogen and oxygen atoms in total. The topological polar surface area (TPSA) is 18.5 Å². The molecule has 0 aromatic heterocycles. The Morgan fingerprint density at radius 1 is 1.20 bits per heavy atom. The summed E-state index contributed by atoms with van der Waals surface area (Å²) in [5, 5.41) is 0. The fourth-order valence-electron chi connectivity index (χ4n) is 1.10. The van der Waals surface area contributed by atoms with E-state index in [1.54, 1.807) is 13.0 Å². The molecule has 1 rings (SSSR count). The van der Waals surface area contributed by atoms with Crippen molar-refractivity contribution in [1.82, 2.24) is 0 Å². The second kappa shape index (κ2) is 5.70. The zero-order valence-corrected chi connectivity index (χ0v) is 11.6. The maximum atomic E-state index is 13.8. The van der Waals surface area contributed by atoms with Crippen LogP contribution in [0.25, 0.3) is 0 Å². The van der Waals surface area contributed by atoms with Crippen LogP contribution in [0.15, 0.2) is 15.0 Å². The van der Waals surface area contributed by atoms with Crippen LogP contribution in [0, 0.1) is 5.82 Å². The minimum atomic E-state index is -0.449. The number of hydrogen-bond acceptors (Lipinski definition) is 2. The van der Waals surface area contributed by atoms with E-state index in [4.69, 9.17) is 9.47 Å². The van der Waals surface area contributed by atoms with Crippen molar-refractivity contribution in [2.75, 3.05) is 13.2 Å². The van der Waals surface area contributed by atoms with Gasteiger partial charge < -0.3 is 9.47 Å². The Morgan fingerprint density at radius 3 is 2.33 bits per heavy atom. The molecule has 0 radical (unpaired) electrons. The monoisotopic (exact) mass is 340 g/mol. The van der Waals surface area contributed by atoms with Gasteiger partial charge in [0.25, 0.3) is 0 Å². The van der Waals surface area contributed by atoms with Gasteiger partial charge in [-0.2, -0.15) is 0 Å². The Hall–Kier alpha value is -0.290. The highest BCUT2D eigenvalue weighted by Gasteiger charge is 2.17. The SMILES string of the molecule is CCOc1cc(Br)c(Br)c(F)c1OCC. The molecule has 0 aliphatic carbocycles. The van der Waals surface area contributed by atoms with Crippen molar-refractivity contribution < 1.29 is 13.9 Å². The lowest BCUT2D eigenvalue weighted by molar-refractivity contribution is 0.275. The minimum Gasteiger partial charge on any atom is -0.490 e. The number of hydrogen-bond donors (Lipinski definition) is 0. The quantitative estimate of drug-likeness (QED) is 0.766. The van der Waals surface area contributed by atoms with Crippen LogP contribution in [0.5, 0.6) is 11.5 Å². The second-order valence-corrected chi connectivity index (χ2v) is 4.33. The minimum absolute atomic E-state index is 0.148. The molecule has 0 spiro atoms. The molecule has 0 bridgehead atoms. The zero-order valence-electron chi connectivity index (χ0n) is 8.44. The van der Waals surface area contributed by atoms with Crippen molar-refractivity contribution in [3.63, 3.8) is 0 Å². The summed E-state index contributed by atoms with van der Waals surface area (Å²) < 4.78 is 25.2. The molecule has 0 unspecified atom stereocenters. The van der Waals surface area contributed by atoms with Crippen molar-refractivity contribution in [1.29, 1.82) is 0 Å². The standard InChI is InChI=1S/C10H11Br2FO2/c1-3-14-7-5-6(11)8(12)9(13)10(7)15-4-2/h5H,3-4H2,1-2H3. The van der Waals surface area contributed by atoms with Crippen LogP contribution in [0.3, 0.4) is 0 Å². The van der Waals surface area contributed by atoms with Crippen molar-refractivity contribution in [2.24, 2.45) is 0 Å². The highest BCUT2D eigenvalue weighted by molar-refractivity contribution is 9.13. The van der Waals surface area contributed by atoms with Gasteiger partial charge in [-0.05, 0) is 51.8 Å². The van der Waals surface area contributed by atoms with Gasteiger partial charge in [-0.25, -0.2) is 4.39 Å². The van der Waals surface area contributed by atoms with E-state index >= 15 is 0 Å². The van der Waals surface area contributed by atoms with Crippen LogP contribution in [-0.2, 0) is 0 Å². The molecule has 0 heterocycles. The number of halogens is 3. The van der Waals surface area contributed by atoms with Gasteiger partial charge in [0.2, 0.25) is 0 Å². The predicted molar refractivity (Wildman–Crippen MR) is 64.1 cm³/mol. The highest BCUT2D eigenvalue weighted by Crippen LogP contribution is 2.40. The molecule has 1 aromatic rings. The maximum absolute atomic E-state index is 13.8. The molecule has 15 heavy (non-hydrogen) atoms. The summed E-state index contributed by atoms with van der Waals surface area (Å²) >= 11 is 6.36. The summed E-state index contributed by atoms with van der Waals surface area (Å²) in [6.45, 7) is 4.49. The van der Waals surface area contributed by atoms with Gasteiger partial charge in [0.05, 0.1) is 17.7 Å². The molecule has 5 heteroatoms. The van der Waals surface area contributed by atoms with Crippen molar-refractivity contribution in [3.05, 3.63) is 20.8 Å². The molecule has 0 amide bonds. The molecule has 1 aromatic carbocycles. The summed E-state index contributed by atoms with van der Waals surface area (Å²) in [4.78, 5) is 0. The summed E-state index contributed by atoms with van der Waals surface area (Å²) in [5.41, 5.74) is 0. The fourth-order valence-corrected chi connectivity index (χ4v) is 1.77. The summed E-state index contributed by atoms with van der Waals surface area (Å²) in [6, 6.07) is 1.68. The van der Waals surface area contributed by atoms with Gasteiger partial charge in [0, 0.05) is 4.47 Å². The number of benzene rings is 1. The lowest BCUT2D eigenvalue weighted by Crippen LogP contribution is -2.01. The second-order valence-electron chi connectivity index (χ2n) is 2.68. The van der Waals surface area contributed by atoms with Crippen LogP contribution in [0.1, 0.15) is 13.8 Å². The first-order valence-corrected chi connectivity index (χ1v) is 6.13. The normalized spacial score (nSPS) is 10.2. The van der Waals surface area contributed by atoms with E-state index < -0.39 is 5.82 Å². The molecule has 0 aliphatic rings. The summed E-state index contributed by atoms with van der Waals surface area (Å²) in [5.74, 6) is 0.107. The van der Waals surface area contributed by atoms with Crippen LogP contribution < -0.4 is 9.47 Å². The van der Waals surface area contributed by atoms with E-state index in [1.165, 1.54) is 0 Å². The lowest BCUT2D eigenvalue weighted by Gasteiger charge is -2.13. The number of rotatable bonds is 4. The van der Waals surface area contributed by atoms with Gasteiger partial charge in [-0.1, -0.05) is 0 Å². The molecule has 0 saturated carbocycles. The van der Waals surface area contributed by atoms with E-state index in [9.17, 15) is 4.39 Å². The first kappa shape index (κ1) is 12.8. The van der Waals surface area contributed by atoms with Gasteiger partial charge in [-0.15, -0.1) is 0 Å². The molecular formula is C10H11Br2FO2. The summed E-state index contributed by atoms with van der Waals surface area (Å²) in [6.07, 6.45) is 0.